The van der Waals surface area contributed by atoms with Gasteiger partial charge >= 0.3 is 0 Å². The number of H-pyrrole nitrogens is 1. The number of rotatable bonds is 2. The maximum absolute atomic E-state index is 11.5. The second-order valence-electron chi connectivity index (χ2n) is 2.70. The lowest BCUT2D eigenvalue weighted by Crippen LogP contribution is -2.10. The summed E-state index contributed by atoms with van der Waals surface area (Å²) in [5, 5.41) is 3.98. The van der Waals surface area contributed by atoms with E-state index in [4.69, 9.17) is 0 Å². The third-order valence-electron chi connectivity index (χ3n) is 1.80. The molecule has 0 radical (unpaired) electrons. The first kappa shape index (κ1) is 8.43. The van der Waals surface area contributed by atoms with Crippen molar-refractivity contribution in [3.8, 4) is 0 Å². The molecule has 2 rings (SSSR count). The molecular weight excluding hydrogens is 180 g/mol. The van der Waals surface area contributed by atoms with Crippen molar-refractivity contribution in [2.75, 3.05) is 5.43 Å². The summed E-state index contributed by atoms with van der Waals surface area (Å²) in [5.41, 5.74) is 2.92. The van der Waals surface area contributed by atoms with Gasteiger partial charge < -0.3 is 0 Å². The Bertz CT molecular complexity index is 532. The number of nitrogens with one attached hydrogen (secondary N) is 2. The second-order valence-corrected chi connectivity index (χ2v) is 2.70. The minimum atomic E-state index is -0.193. The lowest BCUT2D eigenvalue weighted by molar-refractivity contribution is 1.12. The normalized spacial score (nSPS) is 10.0. The number of aromatic nitrogens is 2. The van der Waals surface area contributed by atoms with Crippen LogP contribution in [0.25, 0.3) is 10.9 Å². The second kappa shape index (κ2) is 3.29. The largest absolute Gasteiger partial charge is 0.291 e. The summed E-state index contributed by atoms with van der Waals surface area (Å²) in [6, 6.07) is 7.09. The van der Waals surface area contributed by atoms with Gasteiger partial charge in [-0.15, -0.1) is 0 Å². The summed E-state index contributed by atoms with van der Waals surface area (Å²) < 4.78 is 0. The van der Waals surface area contributed by atoms with Crippen LogP contribution >= 0.6 is 0 Å². The standard InChI is InChI=1S/C9H8N4O/c1-10-13-9-11-7-5-3-2-4-6(7)8(14)12-9/h2-5H,1H2,(H2,11,12,13,14). The molecule has 0 spiro atoms. The quantitative estimate of drug-likeness (QED) is 0.544. The predicted molar refractivity (Wildman–Crippen MR) is 55.5 cm³/mol. The van der Waals surface area contributed by atoms with Crippen LogP contribution in [0.4, 0.5) is 5.95 Å². The first-order valence-electron chi connectivity index (χ1n) is 4.02. The predicted octanol–water partition coefficient (Wildman–Crippen LogP) is 0.951. The Labute approximate surface area is 79.5 Å². The smallest absolute Gasteiger partial charge is 0.260 e. The van der Waals surface area contributed by atoms with Gasteiger partial charge in [0.15, 0.2) is 0 Å². The van der Waals surface area contributed by atoms with Gasteiger partial charge in [-0.3, -0.25) is 9.78 Å². The zero-order valence-corrected chi connectivity index (χ0v) is 7.32. The molecule has 0 unspecified atom stereocenters. The molecule has 70 valence electrons. The van der Waals surface area contributed by atoms with E-state index in [2.05, 4.69) is 27.2 Å². The molecule has 0 bridgehead atoms. The topological polar surface area (TPSA) is 70.1 Å². The summed E-state index contributed by atoms with van der Waals surface area (Å²) in [4.78, 5) is 18.1. The maximum atomic E-state index is 11.5. The molecular formula is C9H8N4O. The van der Waals surface area contributed by atoms with Crippen LogP contribution in [0.5, 0.6) is 0 Å². The van der Waals surface area contributed by atoms with Gasteiger partial charge in [-0.25, -0.2) is 10.4 Å². The Hall–Kier alpha value is -2.17. The molecule has 0 amide bonds. The van der Waals surface area contributed by atoms with Crippen molar-refractivity contribution in [3.63, 3.8) is 0 Å². The van der Waals surface area contributed by atoms with Crippen LogP contribution in [0.1, 0.15) is 0 Å². The van der Waals surface area contributed by atoms with Crippen molar-refractivity contribution in [2.24, 2.45) is 5.10 Å². The van der Waals surface area contributed by atoms with E-state index in [1.165, 1.54) is 0 Å². The highest BCUT2D eigenvalue weighted by atomic mass is 16.1. The number of nitrogens with zero attached hydrogens (tertiary/aromatic N) is 2. The molecule has 1 aromatic heterocycles. The number of para-hydroxylation sites is 1. The van der Waals surface area contributed by atoms with Crippen LogP contribution in [-0.4, -0.2) is 16.7 Å². The Morgan fingerprint density at radius 1 is 1.43 bits per heavy atom. The Morgan fingerprint density at radius 2 is 2.21 bits per heavy atom. The van der Waals surface area contributed by atoms with Gasteiger partial charge in [-0.2, -0.15) is 5.10 Å². The van der Waals surface area contributed by atoms with Crippen LogP contribution in [-0.2, 0) is 0 Å². The number of fused-ring (bicyclic) bond motifs is 1. The van der Waals surface area contributed by atoms with E-state index in [9.17, 15) is 4.79 Å². The van der Waals surface area contributed by atoms with E-state index in [-0.39, 0.29) is 5.56 Å². The highest BCUT2D eigenvalue weighted by Crippen LogP contribution is 2.07. The number of hydrogen-bond donors (Lipinski definition) is 2. The minimum absolute atomic E-state index is 0.193. The first-order chi connectivity index (χ1) is 6.81. The molecule has 2 N–H and O–H groups in total. The van der Waals surface area contributed by atoms with Crippen molar-refractivity contribution >= 4 is 23.6 Å². The van der Waals surface area contributed by atoms with Gasteiger partial charge in [0.25, 0.3) is 5.56 Å². The van der Waals surface area contributed by atoms with E-state index in [1.807, 2.05) is 6.07 Å². The highest BCUT2D eigenvalue weighted by Gasteiger charge is 2.00. The van der Waals surface area contributed by atoms with E-state index < -0.39 is 0 Å². The molecule has 0 aliphatic heterocycles. The SMILES string of the molecule is C=NNc1nc2ccccc2c(=O)[nH]1. The molecule has 0 aliphatic rings. The van der Waals surface area contributed by atoms with Crippen LogP contribution in [0, 0.1) is 0 Å². The van der Waals surface area contributed by atoms with Gasteiger partial charge in [-0.1, -0.05) is 12.1 Å². The highest BCUT2D eigenvalue weighted by molar-refractivity contribution is 5.78. The summed E-state index contributed by atoms with van der Waals surface area (Å²) in [7, 11) is 0. The van der Waals surface area contributed by atoms with Crippen molar-refractivity contribution in [1.82, 2.24) is 9.97 Å². The van der Waals surface area contributed by atoms with Gasteiger partial charge in [0.05, 0.1) is 10.9 Å². The molecule has 5 heteroatoms. The van der Waals surface area contributed by atoms with E-state index in [0.717, 1.165) is 0 Å². The van der Waals surface area contributed by atoms with Crippen molar-refractivity contribution < 1.29 is 0 Å². The minimum Gasteiger partial charge on any atom is -0.291 e. The molecule has 0 atom stereocenters. The summed E-state index contributed by atoms with van der Waals surface area (Å²) in [6.07, 6.45) is 0. The molecule has 0 saturated heterocycles. The third-order valence-corrected chi connectivity index (χ3v) is 1.80. The Balaban J connectivity index is 2.72. The number of anilines is 1. The average Bonchev–Trinajstić information content (AvgIpc) is 2.18. The molecule has 0 aliphatic carbocycles. The van der Waals surface area contributed by atoms with Gasteiger partial charge in [-0.05, 0) is 12.1 Å². The van der Waals surface area contributed by atoms with Crippen LogP contribution in [0.2, 0.25) is 0 Å². The van der Waals surface area contributed by atoms with Gasteiger partial charge in [0, 0.05) is 6.72 Å². The number of hydrogen-bond acceptors (Lipinski definition) is 4. The van der Waals surface area contributed by atoms with Crippen LogP contribution < -0.4 is 11.0 Å². The molecule has 1 aromatic carbocycles. The summed E-state index contributed by atoms with van der Waals surface area (Å²) >= 11 is 0. The number of benzene rings is 1. The van der Waals surface area contributed by atoms with Crippen LogP contribution in [0.15, 0.2) is 34.2 Å². The van der Waals surface area contributed by atoms with Crippen LogP contribution in [0.3, 0.4) is 0 Å². The maximum Gasteiger partial charge on any atom is 0.260 e. The fourth-order valence-electron chi connectivity index (χ4n) is 1.21. The average molecular weight is 188 g/mol. The molecule has 0 saturated carbocycles. The first-order valence-corrected chi connectivity index (χ1v) is 4.02. The summed E-state index contributed by atoms with van der Waals surface area (Å²) in [5.74, 6) is 0.295. The van der Waals surface area contributed by atoms with E-state index >= 15 is 0 Å². The third kappa shape index (κ3) is 1.35. The van der Waals surface area contributed by atoms with Crippen molar-refractivity contribution in [1.29, 1.82) is 0 Å². The number of aromatic amines is 1. The molecule has 14 heavy (non-hydrogen) atoms. The Morgan fingerprint density at radius 3 is 3.00 bits per heavy atom. The molecule has 5 nitrogen and oxygen atoms in total. The number of hydrazone groups is 1. The van der Waals surface area contributed by atoms with Crippen molar-refractivity contribution in [2.45, 2.75) is 0 Å². The Kier molecular flexibility index (Phi) is 1.98. The molecule has 2 aromatic rings. The van der Waals surface area contributed by atoms with E-state index in [0.29, 0.717) is 16.9 Å². The fraction of sp³-hybridized carbons (Fsp3) is 0. The zero-order chi connectivity index (χ0) is 9.97. The molecule has 1 heterocycles. The van der Waals surface area contributed by atoms with E-state index in [1.54, 1.807) is 18.2 Å². The molecule has 0 fully saturated rings. The zero-order valence-electron chi connectivity index (χ0n) is 7.32. The fourth-order valence-corrected chi connectivity index (χ4v) is 1.21. The summed E-state index contributed by atoms with van der Waals surface area (Å²) in [6.45, 7) is 3.24. The monoisotopic (exact) mass is 188 g/mol. The van der Waals surface area contributed by atoms with Gasteiger partial charge in [0.2, 0.25) is 5.95 Å². The van der Waals surface area contributed by atoms with Crippen molar-refractivity contribution in [3.05, 3.63) is 34.6 Å². The lowest BCUT2D eigenvalue weighted by atomic mass is 10.2. The lowest BCUT2D eigenvalue weighted by Gasteiger charge is -2.00. The van der Waals surface area contributed by atoms with Gasteiger partial charge in [0.1, 0.15) is 0 Å².